The third-order valence-corrected chi connectivity index (χ3v) is 2.85. The van der Waals surface area contributed by atoms with Crippen molar-refractivity contribution in [3.8, 4) is 0 Å². The average molecular weight is 262 g/mol. The van der Waals surface area contributed by atoms with Crippen LogP contribution in [0.3, 0.4) is 0 Å². The van der Waals surface area contributed by atoms with Gasteiger partial charge in [-0.15, -0.1) is 0 Å². The highest BCUT2D eigenvalue weighted by Crippen LogP contribution is 2.36. The summed E-state index contributed by atoms with van der Waals surface area (Å²) in [5, 5.41) is 8.84. The van der Waals surface area contributed by atoms with Crippen LogP contribution in [0.15, 0.2) is 48.5 Å². The fourth-order valence-electron chi connectivity index (χ4n) is 1.85. The quantitative estimate of drug-likeness (QED) is 0.912. The van der Waals surface area contributed by atoms with E-state index in [0.717, 1.165) is 11.6 Å². The number of aryl methyl sites for hydroxylation is 1. The van der Waals surface area contributed by atoms with Gasteiger partial charge >= 0.3 is 5.97 Å². The minimum absolute atomic E-state index is 0.143. The van der Waals surface area contributed by atoms with Crippen molar-refractivity contribution in [2.75, 3.05) is 0 Å². The van der Waals surface area contributed by atoms with E-state index in [4.69, 9.17) is 5.11 Å². The molecule has 0 aliphatic carbocycles. The van der Waals surface area contributed by atoms with Gasteiger partial charge in [-0.2, -0.15) is 8.78 Å². The highest BCUT2D eigenvalue weighted by atomic mass is 19.3. The largest absolute Gasteiger partial charge is 0.478 e. The predicted octanol–water partition coefficient (Wildman–Crippen LogP) is 3.83. The highest BCUT2D eigenvalue weighted by Gasteiger charge is 2.34. The Morgan fingerprint density at radius 2 is 1.63 bits per heavy atom. The van der Waals surface area contributed by atoms with Crippen LogP contribution in [-0.2, 0) is 5.92 Å². The van der Waals surface area contributed by atoms with E-state index < -0.39 is 11.9 Å². The topological polar surface area (TPSA) is 37.3 Å². The number of hydrogen-bond acceptors (Lipinski definition) is 1. The highest BCUT2D eigenvalue weighted by molar-refractivity contribution is 5.87. The van der Waals surface area contributed by atoms with Crippen molar-refractivity contribution in [3.63, 3.8) is 0 Å². The first-order valence-electron chi connectivity index (χ1n) is 5.70. The molecule has 0 saturated heterocycles. The van der Waals surface area contributed by atoms with Crippen molar-refractivity contribution >= 4 is 5.97 Å². The van der Waals surface area contributed by atoms with Gasteiger partial charge in [0.25, 0.3) is 5.92 Å². The summed E-state index contributed by atoms with van der Waals surface area (Å²) in [5.41, 5.74) is 0.115. The van der Waals surface area contributed by atoms with Gasteiger partial charge in [-0.1, -0.05) is 35.9 Å². The Morgan fingerprint density at radius 3 is 2.21 bits per heavy atom. The lowest BCUT2D eigenvalue weighted by molar-refractivity contribution is 0.0426. The van der Waals surface area contributed by atoms with Gasteiger partial charge in [-0.3, -0.25) is 0 Å². The van der Waals surface area contributed by atoms with Crippen LogP contribution < -0.4 is 0 Å². The Kier molecular flexibility index (Phi) is 3.34. The van der Waals surface area contributed by atoms with Gasteiger partial charge in [-0.05, 0) is 25.1 Å². The second-order valence-corrected chi connectivity index (χ2v) is 4.33. The maximum atomic E-state index is 14.3. The van der Waals surface area contributed by atoms with Gasteiger partial charge in [0.1, 0.15) is 0 Å². The monoisotopic (exact) mass is 262 g/mol. The second-order valence-electron chi connectivity index (χ2n) is 4.33. The summed E-state index contributed by atoms with van der Waals surface area (Å²) < 4.78 is 28.6. The summed E-state index contributed by atoms with van der Waals surface area (Å²) in [4.78, 5) is 10.8. The molecular formula is C15H12F2O2. The van der Waals surface area contributed by atoms with E-state index in [-0.39, 0.29) is 16.7 Å². The van der Waals surface area contributed by atoms with Crippen molar-refractivity contribution in [1.29, 1.82) is 0 Å². The lowest BCUT2D eigenvalue weighted by atomic mass is 9.97. The van der Waals surface area contributed by atoms with Crippen molar-refractivity contribution < 1.29 is 18.7 Å². The van der Waals surface area contributed by atoms with Gasteiger partial charge in [-0.25, -0.2) is 4.79 Å². The second kappa shape index (κ2) is 4.80. The number of halogens is 2. The number of carboxylic acid groups (broad SMARTS) is 1. The fourth-order valence-corrected chi connectivity index (χ4v) is 1.85. The van der Waals surface area contributed by atoms with E-state index in [1.54, 1.807) is 19.1 Å². The van der Waals surface area contributed by atoms with Gasteiger partial charge in [0.2, 0.25) is 0 Å². The molecule has 0 aliphatic heterocycles. The molecule has 19 heavy (non-hydrogen) atoms. The van der Waals surface area contributed by atoms with Crippen LogP contribution in [-0.4, -0.2) is 11.1 Å². The van der Waals surface area contributed by atoms with E-state index in [1.165, 1.54) is 30.3 Å². The van der Waals surface area contributed by atoms with E-state index in [9.17, 15) is 13.6 Å². The molecule has 0 spiro atoms. The number of rotatable bonds is 3. The van der Waals surface area contributed by atoms with Crippen LogP contribution >= 0.6 is 0 Å². The number of benzene rings is 2. The standard InChI is InChI=1S/C15H12F2O2/c1-10-4-2-6-12(8-10)15(16,17)13-7-3-5-11(9-13)14(18)19/h2-9H,1H3,(H,18,19). The number of alkyl halides is 2. The summed E-state index contributed by atoms with van der Waals surface area (Å²) in [6, 6.07) is 10.9. The maximum Gasteiger partial charge on any atom is 0.335 e. The van der Waals surface area contributed by atoms with E-state index in [0.29, 0.717) is 0 Å². The van der Waals surface area contributed by atoms with Crippen LogP contribution in [0.1, 0.15) is 27.0 Å². The molecule has 2 rings (SSSR count). The van der Waals surface area contributed by atoms with Gasteiger partial charge in [0, 0.05) is 11.1 Å². The zero-order chi connectivity index (χ0) is 14.0. The molecule has 0 bridgehead atoms. The number of carbonyl (C=O) groups is 1. The van der Waals surface area contributed by atoms with Crippen molar-refractivity contribution in [1.82, 2.24) is 0 Å². The van der Waals surface area contributed by atoms with E-state index >= 15 is 0 Å². The minimum atomic E-state index is -3.21. The summed E-state index contributed by atoms with van der Waals surface area (Å²) >= 11 is 0. The molecule has 0 aromatic heterocycles. The Balaban J connectivity index is 2.50. The first-order chi connectivity index (χ1) is 8.91. The molecule has 0 unspecified atom stereocenters. The van der Waals surface area contributed by atoms with Gasteiger partial charge in [0.15, 0.2) is 0 Å². The number of carboxylic acids is 1. The predicted molar refractivity (Wildman–Crippen MR) is 67.6 cm³/mol. The van der Waals surface area contributed by atoms with E-state index in [1.807, 2.05) is 0 Å². The zero-order valence-electron chi connectivity index (χ0n) is 10.2. The summed E-state index contributed by atoms with van der Waals surface area (Å²) in [7, 11) is 0. The molecule has 2 aromatic carbocycles. The molecule has 0 aliphatic rings. The first kappa shape index (κ1) is 13.2. The number of aromatic carboxylic acids is 1. The molecule has 0 heterocycles. The molecule has 1 N–H and O–H groups in total. The molecule has 0 atom stereocenters. The molecule has 0 fully saturated rings. The van der Waals surface area contributed by atoms with Crippen LogP contribution in [0, 0.1) is 6.92 Å². The lowest BCUT2D eigenvalue weighted by Gasteiger charge is -2.18. The molecule has 0 saturated carbocycles. The normalized spacial score (nSPS) is 11.3. The zero-order valence-corrected chi connectivity index (χ0v) is 10.2. The van der Waals surface area contributed by atoms with Crippen LogP contribution in [0.25, 0.3) is 0 Å². The SMILES string of the molecule is Cc1cccc(C(F)(F)c2cccc(C(=O)O)c2)c1. The van der Waals surface area contributed by atoms with Crippen molar-refractivity contribution in [2.45, 2.75) is 12.8 Å². The first-order valence-corrected chi connectivity index (χ1v) is 5.70. The third-order valence-electron chi connectivity index (χ3n) is 2.85. The average Bonchev–Trinajstić information content (AvgIpc) is 2.39. The Labute approximate surface area is 109 Å². The van der Waals surface area contributed by atoms with E-state index in [2.05, 4.69) is 0 Å². The molecular weight excluding hydrogens is 250 g/mol. The summed E-state index contributed by atoms with van der Waals surface area (Å²) in [6.07, 6.45) is 0. The maximum absolute atomic E-state index is 14.3. The lowest BCUT2D eigenvalue weighted by Crippen LogP contribution is -2.16. The van der Waals surface area contributed by atoms with Crippen molar-refractivity contribution in [2.24, 2.45) is 0 Å². The van der Waals surface area contributed by atoms with Crippen LogP contribution in [0.5, 0.6) is 0 Å². The van der Waals surface area contributed by atoms with Gasteiger partial charge in [0.05, 0.1) is 5.56 Å². The van der Waals surface area contributed by atoms with Crippen LogP contribution in [0.2, 0.25) is 0 Å². The third kappa shape index (κ3) is 2.62. The smallest absolute Gasteiger partial charge is 0.335 e. The molecule has 0 amide bonds. The van der Waals surface area contributed by atoms with Crippen molar-refractivity contribution in [3.05, 3.63) is 70.8 Å². The molecule has 2 nitrogen and oxygen atoms in total. The fraction of sp³-hybridized carbons (Fsp3) is 0.133. The molecule has 98 valence electrons. The molecule has 0 radical (unpaired) electrons. The Bertz CT molecular complexity index is 621. The Hall–Kier alpha value is -2.23. The summed E-state index contributed by atoms with van der Waals surface area (Å²) in [6.45, 7) is 1.73. The van der Waals surface area contributed by atoms with Gasteiger partial charge < -0.3 is 5.11 Å². The van der Waals surface area contributed by atoms with Crippen LogP contribution in [0.4, 0.5) is 8.78 Å². The number of hydrogen-bond donors (Lipinski definition) is 1. The molecule has 2 aromatic rings. The summed E-state index contributed by atoms with van der Waals surface area (Å²) in [5.74, 6) is -4.43. The Morgan fingerprint density at radius 1 is 1.05 bits per heavy atom. The minimum Gasteiger partial charge on any atom is -0.478 e. The molecule has 4 heteroatoms.